The van der Waals surface area contributed by atoms with E-state index in [2.05, 4.69) is 25.2 Å². The molecule has 0 unspecified atom stereocenters. The van der Waals surface area contributed by atoms with Gasteiger partial charge in [0.1, 0.15) is 0 Å². The summed E-state index contributed by atoms with van der Waals surface area (Å²) in [6.07, 6.45) is 7.34. The maximum absolute atomic E-state index is 12.4. The summed E-state index contributed by atoms with van der Waals surface area (Å²) in [6, 6.07) is 11.5. The average Bonchev–Trinajstić information content (AvgIpc) is 2.68. The van der Waals surface area contributed by atoms with Crippen LogP contribution in [0, 0.1) is 23.2 Å². The number of benzene rings is 2. The van der Waals surface area contributed by atoms with Crippen LogP contribution >= 0.6 is 23.2 Å². The van der Waals surface area contributed by atoms with Gasteiger partial charge in [0, 0.05) is 17.7 Å². The van der Waals surface area contributed by atoms with Gasteiger partial charge in [-0.3, -0.25) is 4.79 Å². The SMILES string of the molecule is CC(C)Cc1ccc(-c2c(Cl)cc(NC(=O)CC3CCCCC3)cc2Cl)cc1C#N. The lowest BCUT2D eigenvalue weighted by Crippen LogP contribution is -2.18. The number of nitrogens with one attached hydrogen (secondary N) is 1. The van der Waals surface area contributed by atoms with Gasteiger partial charge in [-0.1, -0.05) is 68.4 Å². The van der Waals surface area contributed by atoms with Crippen LogP contribution in [0.4, 0.5) is 5.69 Å². The highest BCUT2D eigenvalue weighted by Gasteiger charge is 2.18. The smallest absolute Gasteiger partial charge is 0.224 e. The van der Waals surface area contributed by atoms with Gasteiger partial charge < -0.3 is 5.32 Å². The molecule has 1 aliphatic carbocycles. The van der Waals surface area contributed by atoms with E-state index in [9.17, 15) is 10.1 Å². The molecule has 1 aliphatic rings. The zero-order chi connectivity index (χ0) is 21.7. The Kier molecular flexibility index (Phi) is 7.81. The Morgan fingerprint density at radius 3 is 2.40 bits per heavy atom. The molecule has 1 saturated carbocycles. The molecule has 1 N–H and O–H groups in total. The summed E-state index contributed by atoms with van der Waals surface area (Å²) in [5, 5.41) is 13.4. The van der Waals surface area contributed by atoms with Crippen LogP contribution in [0.1, 0.15) is 63.5 Å². The van der Waals surface area contributed by atoms with Gasteiger partial charge in [-0.15, -0.1) is 0 Å². The van der Waals surface area contributed by atoms with Crippen LogP contribution in [0.15, 0.2) is 30.3 Å². The van der Waals surface area contributed by atoms with Crippen LogP contribution in [0.5, 0.6) is 0 Å². The van der Waals surface area contributed by atoms with Gasteiger partial charge in [-0.25, -0.2) is 0 Å². The molecule has 0 radical (unpaired) electrons. The fraction of sp³-hybridized carbons (Fsp3) is 0.440. The number of carbonyl (C=O) groups is 1. The quantitative estimate of drug-likeness (QED) is 0.499. The molecule has 2 aromatic carbocycles. The number of hydrogen-bond acceptors (Lipinski definition) is 2. The van der Waals surface area contributed by atoms with E-state index < -0.39 is 0 Å². The molecule has 2 aromatic rings. The van der Waals surface area contributed by atoms with Gasteiger partial charge >= 0.3 is 0 Å². The second-order valence-electron chi connectivity index (χ2n) is 8.65. The van der Waals surface area contributed by atoms with Crippen molar-refractivity contribution in [2.45, 2.75) is 58.8 Å². The molecule has 0 saturated heterocycles. The van der Waals surface area contributed by atoms with Crippen LogP contribution in [0.2, 0.25) is 10.0 Å². The standard InChI is InChI=1S/C25H28Cl2N2O/c1-16(2)10-18-8-9-19(12-20(18)15-28)25-22(26)13-21(14-23(25)27)29-24(30)11-17-6-4-3-5-7-17/h8-9,12-14,16-17H,3-7,10-11H2,1-2H3,(H,29,30). The molecule has 0 heterocycles. The van der Waals surface area contributed by atoms with Crippen molar-refractivity contribution in [3.8, 4) is 17.2 Å². The molecular weight excluding hydrogens is 415 g/mol. The number of rotatable bonds is 6. The lowest BCUT2D eigenvalue weighted by atomic mass is 9.87. The summed E-state index contributed by atoms with van der Waals surface area (Å²) >= 11 is 13.1. The van der Waals surface area contributed by atoms with Crippen molar-refractivity contribution in [2.75, 3.05) is 5.32 Å². The summed E-state index contributed by atoms with van der Waals surface area (Å²) in [5.74, 6) is 0.941. The summed E-state index contributed by atoms with van der Waals surface area (Å²) in [4.78, 5) is 12.4. The molecule has 0 spiro atoms. The third-order valence-electron chi connectivity index (χ3n) is 5.67. The van der Waals surface area contributed by atoms with Gasteiger partial charge in [0.25, 0.3) is 0 Å². The number of nitriles is 1. The Morgan fingerprint density at radius 2 is 1.80 bits per heavy atom. The van der Waals surface area contributed by atoms with E-state index in [1.165, 1.54) is 19.3 Å². The summed E-state index contributed by atoms with van der Waals surface area (Å²) in [5.41, 5.74) is 3.74. The molecule has 0 aromatic heterocycles. The lowest BCUT2D eigenvalue weighted by molar-refractivity contribution is -0.117. The zero-order valence-corrected chi connectivity index (χ0v) is 19.1. The number of anilines is 1. The summed E-state index contributed by atoms with van der Waals surface area (Å²) in [6.45, 7) is 4.26. The van der Waals surface area contributed by atoms with Crippen molar-refractivity contribution in [1.29, 1.82) is 5.26 Å². The molecule has 0 bridgehead atoms. The molecule has 0 atom stereocenters. The average molecular weight is 443 g/mol. The van der Waals surface area contributed by atoms with Crippen LogP contribution in [0.3, 0.4) is 0 Å². The first-order valence-corrected chi connectivity index (χ1v) is 11.4. The highest BCUT2D eigenvalue weighted by Crippen LogP contribution is 2.38. The van der Waals surface area contributed by atoms with Gasteiger partial charge in [-0.2, -0.15) is 5.26 Å². The molecule has 0 aliphatic heterocycles. The minimum absolute atomic E-state index is 0.00610. The Labute approximate surface area is 189 Å². The number of amides is 1. The maximum atomic E-state index is 12.4. The van der Waals surface area contributed by atoms with Crippen molar-refractivity contribution in [3.63, 3.8) is 0 Å². The van der Waals surface area contributed by atoms with Crippen molar-refractivity contribution >= 4 is 34.8 Å². The number of hydrogen-bond donors (Lipinski definition) is 1. The van der Waals surface area contributed by atoms with Gasteiger partial charge in [0.15, 0.2) is 0 Å². The van der Waals surface area contributed by atoms with Crippen LogP contribution < -0.4 is 5.32 Å². The minimum atomic E-state index is 0.00610. The molecular formula is C25H28Cl2N2O. The van der Waals surface area contributed by atoms with E-state index in [4.69, 9.17) is 23.2 Å². The van der Waals surface area contributed by atoms with Crippen molar-refractivity contribution in [2.24, 2.45) is 11.8 Å². The van der Waals surface area contributed by atoms with E-state index in [0.717, 1.165) is 30.4 Å². The van der Waals surface area contributed by atoms with E-state index in [1.807, 2.05) is 18.2 Å². The second-order valence-corrected chi connectivity index (χ2v) is 9.47. The van der Waals surface area contributed by atoms with E-state index in [0.29, 0.717) is 45.1 Å². The highest BCUT2D eigenvalue weighted by atomic mass is 35.5. The van der Waals surface area contributed by atoms with Gasteiger partial charge in [-0.05, 0) is 60.4 Å². The van der Waals surface area contributed by atoms with Crippen molar-refractivity contribution in [1.82, 2.24) is 0 Å². The Hall–Kier alpha value is -2.02. The maximum Gasteiger partial charge on any atom is 0.224 e. The predicted octanol–water partition coefficient (Wildman–Crippen LogP) is 7.64. The molecule has 5 heteroatoms. The Balaban J connectivity index is 1.79. The van der Waals surface area contributed by atoms with E-state index >= 15 is 0 Å². The first kappa shape index (κ1) is 22.7. The molecule has 3 rings (SSSR count). The van der Waals surface area contributed by atoms with Gasteiger partial charge in [0.05, 0.1) is 21.7 Å². The number of halogens is 2. The Morgan fingerprint density at radius 1 is 1.13 bits per heavy atom. The highest BCUT2D eigenvalue weighted by molar-refractivity contribution is 6.39. The summed E-state index contributed by atoms with van der Waals surface area (Å²) in [7, 11) is 0. The lowest BCUT2D eigenvalue weighted by Gasteiger charge is -2.21. The first-order chi connectivity index (χ1) is 14.4. The van der Waals surface area contributed by atoms with Crippen LogP contribution in [-0.2, 0) is 11.2 Å². The topological polar surface area (TPSA) is 52.9 Å². The third-order valence-corrected chi connectivity index (χ3v) is 6.27. The Bertz CT molecular complexity index is 933. The fourth-order valence-electron chi connectivity index (χ4n) is 4.24. The monoisotopic (exact) mass is 442 g/mol. The van der Waals surface area contributed by atoms with Crippen LogP contribution in [0.25, 0.3) is 11.1 Å². The fourth-order valence-corrected chi connectivity index (χ4v) is 4.95. The molecule has 30 heavy (non-hydrogen) atoms. The largest absolute Gasteiger partial charge is 0.326 e. The minimum Gasteiger partial charge on any atom is -0.326 e. The van der Waals surface area contributed by atoms with Crippen molar-refractivity contribution < 1.29 is 4.79 Å². The van der Waals surface area contributed by atoms with E-state index in [-0.39, 0.29) is 5.91 Å². The predicted molar refractivity (Wildman–Crippen MR) is 125 cm³/mol. The molecule has 1 amide bonds. The normalized spacial score (nSPS) is 14.5. The third kappa shape index (κ3) is 5.78. The van der Waals surface area contributed by atoms with Crippen LogP contribution in [-0.4, -0.2) is 5.91 Å². The molecule has 1 fully saturated rings. The molecule has 3 nitrogen and oxygen atoms in total. The van der Waals surface area contributed by atoms with Gasteiger partial charge in [0.2, 0.25) is 5.91 Å². The summed E-state index contributed by atoms with van der Waals surface area (Å²) < 4.78 is 0. The first-order valence-electron chi connectivity index (χ1n) is 10.7. The second kappa shape index (κ2) is 10.3. The van der Waals surface area contributed by atoms with E-state index in [1.54, 1.807) is 12.1 Å². The van der Waals surface area contributed by atoms with Crippen molar-refractivity contribution in [3.05, 3.63) is 51.5 Å². The zero-order valence-electron chi connectivity index (χ0n) is 17.6. The number of nitrogens with zero attached hydrogens (tertiary/aromatic N) is 1. The molecule has 158 valence electrons. The number of carbonyl (C=O) groups excluding carboxylic acids is 1.